The van der Waals surface area contributed by atoms with Gasteiger partial charge in [0.1, 0.15) is 4.99 Å². The Morgan fingerprint density at radius 1 is 1.20 bits per heavy atom. The van der Waals surface area contributed by atoms with E-state index in [0.717, 1.165) is 20.2 Å². The van der Waals surface area contributed by atoms with Crippen molar-refractivity contribution in [2.45, 2.75) is 13.0 Å². The Hall–Kier alpha value is -0.910. The van der Waals surface area contributed by atoms with Crippen molar-refractivity contribution in [2.75, 3.05) is 5.32 Å². The number of anilines is 1. The third-order valence-corrected chi connectivity index (χ3v) is 4.36. The molecule has 0 amide bonds. The van der Waals surface area contributed by atoms with Crippen LogP contribution in [0.3, 0.4) is 0 Å². The Morgan fingerprint density at radius 3 is 2.55 bits per heavy atom. The largest absolute Gasteiger partial charge is 0.389 e. The number of rotatable bonds is 4. The summed E-state index contributed by atoms with van der Waals surface area (Å²) in [5, 5.41) is 3.47. The molecule has 0 aliphatic carbocycles. The van der Waals surface area contributed by atoms with Gasteiger partial charge in [-0.3, -0.25) is 0 Å². The highest BCUT2D eigenvalue weighted by Crippen LogP contribution is 2.28. The van der Waals surface area contributed by atoms with Crippen LogP contribution in [0.25, 0.3) is 0 Å². The minimum Gasteiger partial charge on any atom is -0.389 e. The molecule has 2 rings (SSSR count). The fourth-order valence-corrected chi connectivity index (χ4v) is 2.92. The van der Waals surface area contributed by atoms with Gasteiger partial charge in [-0.25, -0.2) is 0 Å². The summed E-state index contributed by atoms with van der Waals surface area (Å²) in [6, 6.07) is 14.3. The molecule has 2 nitrogen and oxygen atoms in total. The molecule has 0 spiro atoms. The molecular weight excluding hydrogens is 400 g/mol. The van der Waals surface area contributed by atoms with E-state index in [-0.39, 0.29) is 6.04 Å². The first kappa shape index (κ1) is 15.5. The lowest BCUT2D eigenvalue weighted by atomic mass is 10.1. The quantitative estimate of drug-likeness (QED) is 0.691. The van der Waals surface area contributed by atoms with E-state index in [9.17, 15) is 0 Å². The highest BCUT2D eigenvalue weighted by atomic mass is 79.9. The zero-order valence-electron chi connectivity index (χ0n) is 10.9. The normalized spacial score (nSPS) is 11.9. The van der Waals surface area contributed by atoms with Crippen LogP contribution in [-0.4, -0.2) is 4.99 Å². The predicted molar refractivity (Wildman–Crippen MR) is 96.2 cm³/mol. The average Bonchev–Trinajstić information content (AvgIpc) is 2.40. The van der Waals surface area contributed by atoms with E-state index in [1.165, 1.54) is 5.56 Å². The molecule has 0 fully saturated rings. The second kappa shape index (κ2) is 6.70. The van der Waals surface area contributed by atoms with Gasteiger partial charge in [0.2, 0.25) is 0 Å². The zero-order valence-corrected chi connectivity index (χ0v) is 14.8. The van der Waals surface area contributed by atoms with Crippen LogP contribution in [0, 0.1) is 0 Å². The fourth-order valence-electron chi connectivity index (χ4n) is 1.88. The standard InChI is InChI=1S/C15H14Br2N2S/c1-9(10-3-2-4-12(16)7-10)19-14-6-5-11(15(18)20)8-13(14)17/h2-9,19H,1H3,(H2,18,20). The molecule has 0 heterocycles. The lowest BCUT2D eigenvalue weighted by Gasteiger charge is -2.17. The molecule has 0 bridgehead atoms. The number of thiocarbonyl (C=S) groups is 1. The van der Waals surface area contributed by atoms with Crippen LogP contribution in [0.2, 0.25) is 0 Å². The van der Waals surface area contributed by atoms with E-state index < -0.39 is 0 Å². The summed E-state index contributed by atoms with van der Waals surface area (Å²) in [7, 11) is 0. The molecule has 1 atom stereocenters. The SMILES string of the molecule is CC(Nc1ccc(C(N)=S)cc1Br)c1cccc(Br)c1. The predicted octanol–water partition coefficient (Wildman–Crippen LogP) is 5.02. The van der Waals surface area contributed by atoms with Gasteiger partial charge in [-0.05, 0) is 58.7 Å². The van der Waals surface area contributed by atoms with Crippen LogP contribution in [-0.2, 0) is 0 Å². The number of nitrogens with one attached hydrogen (secondary N) is 1. The van der Waals surface area contributed by atoms with E-state index >= 15 is 0 Å². The van der Waals surface area contributed by atoms with Gasteiger partial charge in [-0.2, -0.15) is 0 Å². The molecule has 0 aliphatic rings. The second-order valence-electron chi connectivity index (χ2n) is 4.48. The van der Waals surface area contributed by atoms with Crippen LogP contribution in [0.15, 0.2) is 51.4 Å². The van der Waals surface area contributed by atoms with Crippen LogP contribution < -0.4 is 11.1 Å². The summed E-state index contributed by atoms with van der Waals surface area (Å²) >= 11 is 12.0. The molecule has 0 radical (unpaired) electrons. The van der Waals surface area contributed by atoms with Crippen LogP contribution >= 0.6 is 44.1 Å². The lowest BCUT2D eigenvalue weighted by Crippen LogP contribution is -2.11. The number of halogens is 2. The van der Waals surface area contributed by atoms with Crippen molar-refractivity contribution in [2.24, 2.45) is 5.73 Å². The van der Waals surface area contributed by atoms with Crippen molar-refractivity contribution in [3.8, 4) is 0 Å². The summed E-state index contributed by atoms with van der Waals surface area (Å²) in [6.45, 7) is 2.12. The third kappa shape index (κ3) is 3.81. The van der Waals surface area contributed by atoms with Gasteiger partial charge in [-0.15, -0.1) is 0 Å². The number of benzene rings is 2. The molecule has 3 N–H and O–H groups in total. The maximum atomic E-state index is 5.63. The highest BCUT2D eigenvalue weighted by Gasteiger charge is 2.09. The fraction of sp³-hybridized carbons (Fsp3) is 0.133. The van der Waals surface area contributed by atoms with E-state index in [2.05, 4.69) is 56.2 Å². The smallest absolute Gasteiger partial charge is 0.104 e. The van der Waals surface area contributed by atoms with Crippen molar-refractivity contribution >= 4 is 54.8 Å². The van der Waals surface area contributed by atoms with Crippen molar-refractivity contribution in [1.29, 1.82) is 0 Å². The van der Waals surface area contributed by atoms with Crippen molar-refractivity contribution in [1.82, 2.24) is 0 Å². The second-order valence-corrected chi connectivity index (χ2v) is 6.69. The Balaban J connectivity index is 2.19. The van der Waals surface area contributed by atoms with E-state index in [1.54, 1.807) is 0 Å². The van der Waals surface area contributed by atoms with Gasteiger partial charge in [0.25, 0.3) is 0 Å². The van der Waals surface area contributed by atoms with Gasteiger partial charge in [0.15, 0.2) is 0 Å². The molecule has 104 valence electrons. The molecule has 2 aromatic rings. The Bertz CT molecular complexity index is 644. The average molecular weight is 414 g/mol. The molecule has 5 heteroatoms. The molecule has 0 saturated carbocycles. The van der Waals surface area contributed by atoms with E-state index in [4.69, 9.17) is 18.0 Å². The molecule has 20 heavy (non-hydrogen) atoms. The van der Waals surface area contributed by atoms with Crippen LogP contribution in [0.4, 0.5) is 5.69 Å². The monoisotopic (exact) mass is 412 g/mol. The number of hydrogen-bond acceptors (Lipinski definition) is 2. The van der Waals surface area contributed by atoms with Gasteiger partial charge >= 0.3 is 0 Å². The number of nitrogens with two attached hydrogens (primary N) is 1. The first-order valence-electron chi connectivity index (χ1n) is 6.08. The molecule has 0 aliphatic heterocycles. The first-order chi connectivity index (χ1) is 9.47. The topological polar surface area (TPSA) is 38.0 Å². The van der Waals surface area contributed by atoms with Crippen molar-refractivity contribution < 1.29 is 0 Å². The maximum absolute atomic E-state index is 5.63. The lowest BCUT2D eigenvalue weighted by molar-refractivity contribution is 0.882. The van der Waals surface area contributed by atoms with Crippen LogP contribution in [0.1, 0.15) is 24.1 Å². The zero-order chi connectivity index (χ0) is 14.7. The molecule has 1 unspecified atom stereocenters. The van der Waals surface area contributed by atoms with E-state index in [1.807, 2.05) is 30.3 Å². The summed E-state index contributed by atoms with van der Waals surface area (Å²) in [5.74, 6) is 0. The molecular formula is C15H14Br2N2S. The highest BCUT2D eigenvalue weighted by molar-refractivity contribution is 9.10. The molecule has 2 aromatic carbocycles. The van der Waals surface area contributed by atoms with Gasteiger partial charge < -0.3 is 11.1 Å². The third-order valence-electron chi connectivity index (χ3n) is 2.97. The van der Waals surface area contributed by atoms with Gasteiger partial charge in [-0.1, -0.05) is 40.3 Å². The number of hydrogen-bond donors (Lipinski definition) is 2. The first-order valence-corrected chi connectivity index (χ1v) is 8.08. The summed E-state index contributed by atoms with van der Waals surface area (Å²) in [4.78, 5) is 0.400. The maximum Gasteiger partial charge on any atom is 0.104 e. The summed E-state index contributed by atoms with van der Waals surface area (Å²) in [5.41, 5.74) is 8.71. The van der Waals surface area contributed by atoms with Crippen molar-refractivity contribution in [3.05, 3.63) is 62.5 Å². The summed E-state index contributed by atoms with van der Waals surface area (Å²) < 4.78 is 2.02. The molecule has 0 aromatic heterocycles. The molecule has 0 saturated heterocycles. The van der Waals surface area contributed by atoms with Crippen LogP contribution in [0.5, 0.6) is 0 Å². The van der Waals surface area contributed by atoms with E-state index in [0.29, 0.717) is 4.99 Å². The van der Waals surface area contributed by atoms with Crippen molar-refractivity contribution in [3.63, 3.8) is 0 Å². The minimum atomic E-state index is 0.194. The Morgan fingerprint density at radius 2 is 1.95 bits per heavy atom. The minimum absolute atomic E-state index is 0.194. The van der Waals surface area contributed by atoms with Gasteiger partial charge in [0, 0.05) is 26.2 Å². The Kier molecular flexibility index (Phi) is 5.18. The van der Waals surface area contributed by atoms with Gasteiger partial charge in [0.05, 0.1) is 0 Å². The summed E-state index contributed by atoms with van der Waals surface area (Å²) in [6.07, 6.45) is 0. The Labute approximate surface area is 141 Å².